The first-order valence-corrected chi connectivity index (χ1v) is 9.20. The number of nitrogens with zero attached hydrogens (tertiary/aromatic N) is 2. The third-order valence-electron chi connectivity index (χ3n) is 4.68. The fourth-order valence-electron chi connectivity index (χ4n) is 3.12. The summed E-state index contributed by atoms with van der Waals surface area (Å²) < 4.78 is 0. The third-order valence-corrected chi connectivity index (χ3v) is 4.93. The largest absolute Gasteiger partial charge is 0.356 e. The van der Waals surface area contributed by atoms with Gasteiger partial charge in [-0.25, -0.2) is 0 Å². The monoisotopic (exact) mass is 371 g/mol. The Morgan fingerprint density at radius 3 is 2.54 bits per heavy atom. The zero-order valence-corrected chi connectivity index (χ0v) is 15.3. The van der Waals surface area contributed by atoms with Crippen LogP contribution in [-0.4, -0.2) is 41.3 Å². The van der Waals surface area contributed by atoms with Gasteiger partial charge in [0.15, 0.2) is 0 Å². The lowest BCUT2D eigenvalue weighted by Gasteiger charge is -2.32. The molecule has 136 valence electrons. The molecular weight excluding hydrogens is 350 g/mol. The number of carbonyl (C=O) groups is 2. The summed E-state index contributed by atoms with van der Waals surface area (Å²) in [5.41, 5.74) is 1.58. The minimum atomic E-state index is 0.0150. The van der Waals surface area contributed by atoms with Gasteiger partial charge < -0.3 is 10.2 Å². The van der Waals surface area contributed by atoms with Gasteiger partial charge in [0.1, 0.15) is 0 Å². The van der Waals surface area contributed by atoms with Crippen molar-refractivity contribution in [2.45, 2.75) is 19.3 Å². The van der Waals surface area contributed by atoms with E-state index >= 15 is 0 Å². The summed E-state index contributed by atoms with van der Waals surface area (Å²) in [5.74, 6) is 0.451. The van der Waals surface area contributed by atoms with Gasteiger partial charge in [0.25, 0.3) is 5.91 Å². The molecule has 1 aromatic heterocycles. The molecule has 1 aliphatic rings. The Balaban J connectivity index is 1.40. The normalized spacial score (nSPS) is 14.9. The highest BCUT2D eigenvalue weighted by molar-refractivity contribution is 6.30. The molecule has 1 fully saturated rings. The molecular formula is C20H22ClN3O2. The van der Waals surface area contributed by atoms with Crippen LogP contribution in [0.3, 0.4) is 0 Å². The molecule has 2 heterocycles. The lowest BCUT2D eigenvalue weighted by molar-refractivity contribution is -0.120. The predicted molar refractivity (Wildman–Crippen MR) is 101 cm³/mol. The smallest absolute Gasteiger partial charge is 0.255 e. The molecule has 0 atom stereocenters. The first kappa shape index (κ1) is 18.4. The van der Waals surface area contributed by atoms with Crippen LogP contribution < -0.4 is 5.32 Å². The third kappa shape index (κ3) is 5.05. The lowest BCUT2D eigenvalue weighted by atomic mass is 9.96. The predicted octanol–water partition coefficient (Wildman–Crippen LogP) is 2.95. The van der Waals surface area contributed by atoms with Crippen LogP contribution in [-0.2, 0) is 11.2 Å². The van der Waals surface area contributed by atoms with Crippen LogP contribution in [0.4, 0.5) is 0 Å². The second-order valence-corrected chi connectivity index (χ2v) is 7.02. The summed E-state index contributed by atoms with van der Waals surface area (Å²) in [6, 6.07) is 10.9. The Bertz CT molecular complexity index is 741. The number of hydrogen-bond acceptors (Lipinski definition) is 3. The molecule has 0 spiro atoms. The number of amides is 2. The molecule has 5 nitrogen and oxygen atoms in total. The number of aromatic nitrogens is 1. The van der Waals surface area contributed by atoms with Crippen molar-refractivity contribution in [2.24, 2.45) is 5.92 Å². The SMILES string of the molecule is O=C(Cc1ccc(Cl)cc1)NCC1CCN(C(=O)c2cccnc2)CC1. The summed E-state index contributed by atoms with van der Waals surface area (Å²) >= 11 is 5.85. The van der Waals surface area contributed by atoms with Crippen molar-refractivity contribution in [1.82, 2.24) is 15.2 Å². The molecule has 2 aromatic rings. The fraction of sp³-hybridized carbons (Fsp3) is 0.350. The van der Waals surface area contributed by atoms with E-state index in [0.29, 0.717) is 42.6 Å². The van der Waals surface area contributed by atoms with Crippen molar-refractivity contribution in [2.75, 3.05) is 19.6 Å². The molecule has 1 aromatic carbocycles. The number of piperidine rings is 1. The summed E-state index contributed by atoms with van der Waals surface area (Å²) in [5, 5.41) is 3.67. The van der Waals surface area contributed by atoms with E-state index in [4.69, 9.17) is 11.6 Å². The molecule has 2 amide bonds. The van der Waals surface area contributed by atoms with Crippen molar-refractivity contribution in [1.29, 1.82) is 0 Å². The maximum absolute atomic E-state index is 12.4. The number of carbonyl (C=O) groups excluding carboxylic acids is 2. The number of halogens is 1. The summed E-state index contributed by atoms with van der Waals surface area (Å²) in [6.45, 7) is 2.08. The van der Waals surface area contributed by atoms with Gasteiger partial charge in [-0.15, -0.1) is 0 Å². The Labute approximate surface area is 158 Å². The Morgan fingerprint density at radius 2 is 1.88 bits per heavy atom. The standard InChI is InChI=1S/C20H22ClN3O2/c21-18-5-3-15(4-6-18)12-19(25)23-13-16-7-10-24(11-8-16)20(26)17-2-1-9-22-14-17/h1-6,9,14,16H,7-8,10-13H2,(H,23,25). The average Bonchev–Trinajstić information content (AvgIpc) is 2.69. The minimum absolute atomic E-state index is 0.0150. The Morgan fingerprint density at radius 1 is 1.15 bits per heavy atom. The Hall–Kier alpha value is -2.40. The maximum Gasteiger partial charge on any atom is 0.255 e. The van der Waals surface area contributed by atoms with Crippen LogP contribution in [0.5, 0.6) is 0 Å². The van der Waals surface area contributed by atoms with E-state index in [1.165, 1.54) is 0 Å². The highest BCUT2D eigenvalue weighted by Crippen LogP contribution is 2.18. The van der Waals surface area contributed by atoms with E-state index in [-0.39, 0.29) is 11.8 Å². The van der Waals surface area contributed by atoms with Crippen molar-refractivity contribution in [3.8, 4) is 0 Å². The molecule has 0 unspecified atom stereocenters. The topological polar surface area (TPSA) is 62.3 Å². The molecule has 1 N–H and O–H groups in total. The van der Waals surface area contributed by atoms with Gasteiger partial charge in [0.05, 0.1) is 12.0 Å². The number of nitrogens with one attached hydrogen (secondary N) is 1. The molecule has 0 saturated carbocycles. The number of rotatable bonds is 5. The zero-order chi connectivity index (χ0) is 18.4. The summed E-state index contributed by atoms with van der Waals surface area (Å²) in [7, 11) is 0. The van der Waals surface area contributed by atoms with Gasteiger partial charge in [-0.1, -0.05) is 23.7 Å². The van der Waals surface area contributed by atoms with Crippen molar-refractivity contribution >= 4 is 23.4 Å². The van der Waals surface area contributed by atoms with Gasteiger partial charge in [-0.2, -0.15) is 0 Å². The number of likely N-dealkylation sites (tertiary alicyclic amines) is 1. The van der Waals surface area contributed by atoms with Crippen molar-refractivity contribution in [3.63, 3.8) is 0 Å². The molecule has 1 saturated heterocycles. The van der Waals surface area contributed by atoms with Gasteiger partial charge >= 0.3 is 0 Å². The average molecular weight is 372 g/mol. The second kappa shape index (κ2) is 8.81. The second-order valence-electron chi connectivity index (χ2n) is 6.58. The van der Waals surface area contributed by atoms with Gasteiger partial charge in [0, 0.05) is 37.1 Å². The first-order valence-electron chi connectivity index (χ1n) is 8.82. The van der Waals surface area contributed by atoms with E-state index in [2.05, 4.69) is 10.3 Å². The van der Waals surface area contributed by atoms with Crippen LogP contribution >= 0.6 is 11.6 Å². The Kier molecular flexibility index (Phi) is 6.23. The van der Waals surface area contributed by atoms with Gasteiger partial charge in [0.2, 0.25) is 5.91 Å². The zero-order valence-electron chi connectivity index (χ0n) is 14.5. The number of pyridine rings is 1. The van der Waals surface area contributed by atoms with Crippen molar-refractivity contribution < 1.29 is 9.59 Å². The maximum atomic E-state index is 12.4. The molecule has 0 bridgehead atoms. The van der Waals surface area contributed by atoms with Crippen LogP contribution in [0, 0.1) is 5.92 Å². The van der Waals surface area contributed by atoms with Gasteiger partial charge in [-0.05, 0) is 48.6 Å². The quantitative estimate of drug-likeness (QED) is 0.878. The molecule has 0 aliphatic carbocycles. The van der Waals surface area contributed by atoms with E-state index < -0.39 is 0 Å². The molecule has 3 rings (SSSR count). The highest BCUT2D eigenvalue weighted by Gasteiger charge is 2.23. The number of hydrogen-bond donors (Lipinski definition) is 1. The van der Waals surface area contributed by atoms with E-state index in [1.807, 2.05) is 17.0 Å². The number of benzene rings is 1. The van der Waals surface area contributed by atoms with E-state index in [0.717, 1.165) is 18.4 Å². The van der Waals surface area contributed by atoms with E-state index in [1.54, 1.807) is 36.7 Å². The summed E-state index contributed by atoms with van der Waals surface area (Å²) in [6.07, 6.45) is 5.41. The first-order chi connectivity index (χ1) is 12.6. The molecule has 0 radical (unpaired) electrons. The summed E-state index contributed by atoms with van der Waals surface area (Å²) in [4.78, 5) is 30.4. The van der Waals surface area contributed by atoms with Crippen LogP contribution in [0.25, 0.3) is 0 Å². The lowest BCUT2D eigenvalue weighted by Crippen LogP contribution is -2.41. The fourth-order valence-corrected chi connectivity index (χ4v) is 3.25. The molecule has 1 aliphatic heterocycles. The van der Waals surface area contributed by atoms with Crippen LogP contribution in [0.15, 0.2) is 48.8 Å². The highest BCUT2D eigenvalue weighted by atomic mass is 35.5. The molecule has 6 heteroatoms. The van der Waals surface area contributed by atoms with E-state index in [9.17, 15) is 9.59 Å². The minimum Gasteiger partial charge on any atom is -0.356 e. The van der Waals surface area contributed by atoms with Gasteiger partial charge in [-0.3, -0.25) is 14.6 Å². The van der Waals surface area contributed by atoms with Crippen LogP contribution in [0.2, 0.25) is 5.02 Å². The molecule has 26 heavy (non-hydrogen) atoms. The van der Waals surface area contributed by atoms with Crippen molar-refractivity contribution in [3.05, 3.63) is 64.9 Å². The van der Waals surface area contributed by atoms with Crippen LogP contribution in [0.1, 0.15) is 28.8 Å².